The fourth-order valence-corrected chi connectivity index (χ4v) is 2.44. The minimum atomic E-state index is -0.440. The molecule has 0 bridgehead atoms. The predicted molar refractivity (Wildman–Crippen MR) is 90.5 cm³/mol. The first-order valence-corrected chi connectivity index (χ1v) is 7.46. The minimum absolute atomic E-state index is 0.141. The molecule has 0 aliphatic heterocycles. The molecule has 0 heterocycles. The minimum Gasteiger partial charge on any atom is -0.398 e. The van der Waals surface area contributed by atoms with E-state index in [9.17, 15) is 18.4 Å². The van der Waals surface area contributed by atoms with Gasteiger partial charge in [0.15, 0.2) is 11.6 Å². The second-order valence-electron chi connectivity index (χ2n) is 5.47. The van der Waals surface area contributed by atoms with Gasteiger partial charge in [-0.2, -0.15) is 0 Å². The molecule has 3 nitrogen and oxygen atoms in total. The van der Waals surface area contributed by atoms with E-state index in [4.69, 9.17) is 5.73 Å². The molecule has 0 aliphatic carbocycles. The van der Waals surface area contributed by atoms with Crippen molar-refractivity contribution in [3.63, 3.8) is 0 Å². The number of nitrogens with two attached hydrogens (primary N) is 1. The molecule has 0 amide bonds. The van der Waals surface area contributed by atoms with Gasteiger partial charge in [0.2, 0.25) is 0 Å². The van der Waals surface area contributed by atoms with Crippen molar-refractivity contribution in [2.45, 2.75) is 0 Å². The number of carbonyl (C=O) groups is 2. The Hall–Kier alpha value is -3.34. The Morgan fingerprint density at radius 2 is 1.08 bits per heavy atom. The molecule has 2 N–H and O–H groups in total. The Kier molecular flexibility index (Phi) is 4.39. The molecule has 3 aromatic carbocycles. The molecule has 0 atom stereocenters. The zero-order valence-corrected chi connectivity index (χ0v) is 13.0. The lowest BCUT2D eigenvalue weighted by Crippen LogP contribution is -2.08. The summed E-state index contributed by atoms with van der Waals surface area (Å²) < 4.78 is 25.9. The lowest BCUT2D eigenvalue weighted by molar-refractivity contribution is 0.102. The zero-order valence-electron chi connectivity index (χ0n) is 13.0. The summed E-state index contributed by atoms with van der Waals surface area (Å²) in [5.41, 5.74) is 7.19. The van der Waals surface area contributed by atoms with Crippen LogP contribution in [0.2, 0.25) is 0 Å². The number of anilines is 1. The summed E-state index contributed by atoms with van der Waals surface area (Å²) in [5.74, 6) is -1.56. The van der Waals surface area contributed by atoms with Gasteiger partial charge in [-0.1, -0.05) is 6.07 Å². The van der Waals surface area contributed by atoms with E-state index >= 15 is 0 Å². The fourth-order valence-electron chi connectivity index (χ4n) is 2.44. The number of hydrogen-bond acceptors (Lipinski definition) is 3. The molecule has 0 aliphatic rings. The first kappa shape index (κ1) is 16.5. The van der Waals surface area contributed by atoms with Gasteiger partial charge in [-0.15, -0.1) is 0 Å². The fraction of sp³-hybridized carbons (Fsp3) is 0. The van der Waals surface area contributed by atoms with Crippen LogP contribution in [-0.2, 0) is 0 Å². The van der Waals surface area contributed by atoms with Crippen LogP contribution in [0.5, 0.6) is 0 Å². The van der Waals surface area contributed by atoms with Crippen LogP contribution >= 0.6 is 0 Å². The molecule has 0 saturated heterocycles. The normalized spacial score (nSPS) is 10.5. The third kappa shape index (κ3) is 3.45. The van der Waals surface area contributed by atoms with Crippen LogP contribution in [0.3, 0.4) is 0 Å². The first-order chi connectivity index (χ1) is 12.0. The van der Waals surface area contributed by atoms with Gasteiger partial charge in [0.05, 0.1) is 0 Å². The van der Waals surface area contributed by atoms with Crippen molar-refractivity contribution >= 4 is 17.3 Å². The molecule has 0 saturated carbocycles. The predicted octanol–water partition coefficient (Wildman–Crippen LogP) is 4.01. The van der Waals surface area contributed by atoms with Gasteiger partial charge >= 0.3 is 0 Å². The molecular formula is C20H13F2NO2. The number of carbonyl (C=O) groups excluding carboxylic acids is 2. The van der Waals surface area contributed by atoms with Gasteiger partial charge in [0.1, 0.15) is 11.6 Å². The van der Waals surface area contributed by atoms with Crippen molar-refractivity contribution in [2.24, 2.45) is 0 Å². The van der Waals surface area contributed by atoms with Crippen LogP contribution in [0.25, 0.3) is 0 Å². The zero-order chi connectivity index (χ0) is 18.0. The molecule has 25 heavy (non-hydrogen) atoms. The molecule has 0 aromatic heterocycles. The second kappa shape index (κ2) is 6.65. The van der Waals surface area contributed by atoms with Crippen LogP contribution in [0.15, 0.2) is 66.7 Å². The summed E-state index contributed by atoms with van der Waals surface area (Å²) in [4.78, 5) is 24.8. The number of rotatable bonds is 4. The average molecular weight is 337 g/mol. The van der Waals surface area contributed by atoms with Crippen LogP contribution in [0, 0.1) is 11.6 Å². The highest BCUT2D eigenvalue weighted by Crippen LogP contribution is 2.21. The maximum absolute atomic E-state index is 13.0. The lowest BCUT2D eigenvalue weighted by atomic mass is 9.97. The molecule has 3 rings (SSSR count). The van der Waals surface area contributed by atoms with Crippen LogP contribution in [0.4, 0.5) is 14.5 Å². The van der Waals surface area contributed by atoms with Gasteiger partial charge in [-0.3, -0.25) is 9.59 Å². The number of ketones is 2. The molecule has 0 fully saturated rings. The van der Waals surface area contributed by atoms with E-state index in [0.717, 1.165) is 0 Å². The summed E-state index contributed by atoms with van der Waals surface area (Å²) in [7, 11) is 0. The van der Waals surface area contributed by atoms with Gasteiger partial charge in [-0.05, 0) is 60.7 Å². The van der Waals surface area contributed by atoms with E-state index in [0.29, 0.717) is 16.7 Å². The van der Waals surface area contributed by atoms with Gasteiger partial charge in [-0.25, -0.2) is 8.78 Å². The van der Waals surface area contributed by atoms with Crippen LogP contribution in [0.1, 0.15) is 31.8 Å². The highest BCUT2D eigenvalue weighted by Gasteiger charge is 2.16. The molecule has 0 radical (unpaired) electrons. The van der Waals surface area contributed by atoms with E-state index in [1.807, 2.05) is 0 Å². The second-order valence-corrected chi connectivity index (χ2v) is 5.47. The van der Waals surface area contributed by atoms with Crippen molar-refractivity contribution in [3.05, 3.63) is 101 Å². The van der Waals surface area contributed by atoms with E-state index in [-0.39, 0.29) is 22.8 Å². The Morgan fingerprint density at radius 1 is 0.640 bits per heavy atom. The topological polar surface area (TPSA) is 60.2 Å². The SMILES string of the molecule is Nc1cc(C(=O)c2ccc(F)cc2)ccc1C(=O)c1ccc(F)cc1. The van der Waals surface area contributed by atoms with E-state index in [2.05, 4.69) is 0 Å². The summed E-state index contributed by atoms with van der Waals surface area (Å²) in [6, 6.07) is 14.6. The Bertz CT molecular complexity index is 948. The molecule has 5 heteroatoms. The van der Waals surface area contributed by atoms with Crippen molar-refractivity contribution in [3.8, 4) is 0 Å². The molecule has 0 spiro atoms. The van der Waals surface area contributed by atoms with E-state index < -0.39 is 11.6 Å². The number of hydrogen-bond donors (Lipinski definition) is 1. The van der Waals surface area contributed by atoms with Crippen molar-refractivity contribution in [1.29, 1.82) is 0 Å². The number of benzene rings is 3. The van der Waals surface area contributed by atoms with Gasteiger partial charge < -0.3 is 5.73 Å². The Balaban J connectivity index is 1.90. The third-order valence-corrected chi connectivity index (χ3v) is 3.77. The molecular weight excluding hydrogens is 324 g/mol. The monoisotopic (exact) mass is 337 g/mol. The Labute approximate surface area is 142 Å². The summed E-state index contributed by atoms with van der Waals surface area (Å²) in [5, 5.41) is 0. The summed E-state index contributed by atoms with van der Waals surface area (Å²) in [6.07, 6.45) is 0. The average Bonchev–Trinajstić information content (AvgIpc) is 2.62. The smallest absolute Gasteiger partial charge is 0.195 e. The van der Waals surface area contributed by atoms with E-state index in [1.165, 1.54) is 66.7 Å². The first-order valence-electron chi connectivity index (χ1n) is 7.46. The molecule has 3 aromatic rings. The van der Waals surface area contributed by atoms with Gasteiger partial charge in [0, 0.05) is 27.9 Å². The van der Waals surface area contributed by atoms with Crippen molar-refractivity contribution < 1.29 is 18.4 Å². The number of nitrogen functional groups attached to an aromatic ring is 1. The maximum Gasteiger partial charge on any atom is 0.195 e. The molecule has 0 unspecified atom stereocenters. The molecule has 124 valence electrons. The maximum atomic E-state index is 13.0. The van der Waals surface area contributed by atoms with Crippen LogP contribution in [-0.4, -0.2) is 11.6 Å². The van der Waals surface area contributed by atoms with Gasteiger partial charge in [0.25, 0.3) is 0 Å². The number of halogens is 2. The van der Waals surface area contributed by atoms with E-state index in [1.54, 1.807) is 0 Å². The lowest BCUT2D eigenvalue weighted by Gasteiger charge is -2.08. The van der Waals surface area contributed by atoms with Crippen LogP contribution < -0.4 is 5.73 Å². The largest absolute Gasteiger partial charge is 0.398 e. The Morgan fingerprint density at radius 3 is 1.56 bits per heavy atom. The highest BCUT2D eigenvalue weighted by atomic mass is 19.1. The highest BCUT2D eigenvalue weighted by molar-refractivity contribution is 6.14. The summed E-state index contributed by atoms with van der Waals surface area (Å²) >= 11 is 0. The summed E-state index contributed by atoms with van der Waals surface area (Å²) in [6.45, 7) is 0. The van der Waals surface area contributed by atoms with Crippen molar-refractivity contribution in [2.75, 3.05) is 5.73 Å². The standard InChI is InChI=1S/C20H13F2NO2/c21-15-6-1-12(2-7-15)19(24)14-5-10-17(18(23)11-14)20(25)13-3-8-16(22)9-4-13/h1-11H,23H2. The third-order valence-electron chi connectivity index (χ3n) is 3.77. The quantitative estimate of drug-likeness (QED) is 0.578. The van der Waals surface area contributed by atoms with Crippen molar-refractivity contribution in [1.82, 2.24) is 0 Å².